The Hall–Kier alpha value is -0.780. The highest BCUT2D eigenvalue weighted by Crippen LogP contribution is 2.20. The van der Waals surface area contributed by atoms with Crippen LogP contribution in [0.4, 0.5) is 0 Å². The van der Waals surface area contributed by atoms with Gasteiger partial charge in [0.2, 0.25) is 0 Å². The summed E-state index contributed by atoms with van der Waals surface area (Å²) < 4.78 is 0. The van der Waals surface area contributed by atoms with Crippen LogP contribution in [0.3, 0.4) is 0 Å². The van der Waals surface area contributed by atoms with Gasteiger partial charge in [-0.15, -0.1) is 6.58 Å². The van der Waals surface area contributed by atoms with Crippen molar-refractivity contribution in [3.63, 3.8) is 0 Å². The van der Waals surface area contributed by atoms with E-state index in [9.17, 15) is 0 Å². The highest BCUT2D eigenvalue weighted by molar-refractivity contribution is 5.15. The van der Waals surface area contributed by atoms with E-state index in [2.05, 4.69) is 46.4 Å². The molecule has 1 unspecified atom stereocenters. The molecule has 0 spiro atoms. The summed E-state index contributed by atoms with van der Waals surface area (Å²) in [5.74, 6) is 0.663. The molecule has 0 aliphatic rings. The minimum atomic E-state index is 0.663. The van der Waals surface area contributed by atoms with Crippen LogP contribution in [-0.4, -0.2) is 0 Å². The van der Waals surface area contributed by atoms with E-state index in [0.717, 1.165) is 12.8 Å². The summed E-state index contributed by atoms with van der Waals surface area (Å²) >= 11 is 0. The summed E-state index contributed by atoms with van der Waals surface area (Å²) in [6.07, 6.45) is 8.49. The van der Waals surface area contributed by atoms with Crippen LogP contribution >= 0.6 is 0 Å². The Morgan fingerprint density at radius 1 is 1.38 bits per heavy atom. The second-order valence-corrected chi connectivity index (χ2v) is 3.66. The lowest BCUT2D eigenvalue weighted by atomic mass is 9.93. The van der Waals surface area contributed by atoms with E-state index < -0.39 is 0 Å². The summed E-state index contributed by atoms with van der Waals surface area (Å²) in [5, 5.41) is 0. The first-order valence-electron chi connectivity index (χ1n) is 5.01. The lowest BCUT2D eigenvalue weighted by Crippen LogP contribution is -1.97. The fourth-order valence-electron chi connectivity index (χ4n) is 1.32. The second kappa shape index (κ2) is 6.71. The van der Waals surface area contributed by atoms with E-state index in [1.807, 2.05) is 6.08 Å². The van der Waals surface area contributed by atoms with Gasteiger partial charge in [-0.1, -0.05) is 36.3 Å². The fourth-order valence-corrected chi connectivity index (χ4v) is 1.32. The standard InChI is InChI=1S/C13H22/c1-6-8-10-12(4)13(5)11(3)9-7-2/h6-8,12H,2,9-10H2,1,3-5H3/b8-6?,13-11+. The van der Waals surface area contributed by atoms with E-state index in [-0.39, 0.29) is 0 Å². The van der Waals surface area contributed by atoms with Crippen LogP contribution in [0.15, 0.2) is 36.0 Å². The summed E-state index contributed by atoms with van der Waals surface area (Å²) in [7, 11) is 0. The van der Waals surface area contributed by atoms with E-state index in [1.54, 1.807) is 0 Å². The zero-order valence-corrected chi connectivity index (χ0v) is 9.43. The van der Waals surface area contributed by atoms with Gasteiger partial charge in [0.15, 0.2) is 0 Å². The molecule has 0 fully saturated rings. The van der Waals surface area contributed by atoms with Gasteiger partial charge in [-0.3, -0.25) is 0 Å². The average molecular weight is 178 g/mol. The Morgan fingerprint density at radius 2 is 2.00 bits per heavy atom. The van der Waals surface area contributed by atoms with Crippen molar-refractivity contribution in [1.29, 1.82) is 0 Å². The third-order valence-electron chi connectivity index (χ3n) is 2.59. The molecule has 13 heavy (non-hydrogen) atoms. The van der Waals surface area contributed by atoms with Crippen LogP contribution in [0.2, 0.25) is 0 Å². The van der Waals surface area contributed by atoms with Crippen LogP contribution in [0.5, 0.6) is 0 Å². The summed E-state index contributed by atoms with van der Waals surface area (Å²) in [6.45, 7) is 12.5. The van der Waals surface area contributed by atoms with Crippen molar-refractivity contribution in [2.75, 3.05) is 0 Å². The van der Waals surface area contributed by atoms with E-state index in [0.29, 0.717) is 5.92 Å². The molecule has 0 rings (SSSR count). The molecule has 0 heteroatoms. The normalized spacial score (nSPS) is 15.7. The van der Waals surface area contributed by atoms with Gasteiger partial charge >= 0.3 is 0 Å². The van der Waals surface area contributed by atoms with E-state index in [1.165, 1.54) is 11.1 Å². The highest BCUT2D eigenvalue weighted by atomic mass is 14.1. The van der Waals surface area contributed by atoms with Crippen LogP contribution in [-0.2, 0) is 0 Å². The topological polar surface area (TPSA) is 0 Å². The van der Waals surface area contributed by atoms with Gasteiger partial charge in [0.05, 0.1) is 0 Å². The first-order chi connectivity index (χ1) is 6.13. The van der Waals surface area contributed by atoms with Gasteiger partial charge < -0.3 is 0 Å². The fraction of sp³-hybridized carbons (Fsp3) is 0.538. The lowest BCUT2D eigenvalue weighted by molar-refractivity contribution is 0.682. The smallest absolute Gasteiger partial charge is 0.0142 e. The average Bonchev–Trinajstić information content (AvgIpc) is 2.13. The number of hydrogen-bond acceptors (Lipinski definition) is 0. The van der Waals surface area contributed by atoms with Crippen LogP contribution in [0.25, 0.3) is 0 Å². The molecule has 0 radical (unpaired) electrons. The Balaban J connectivity index is 4.28. The predicted octanol–water partition coefficient (Wildman–Crippen LogP) is 4.50. The quantitative estimate of drug-likeness (QED) is 0.544. The number of rotatable bonds is 5. The third kappa shape index (κ3) is 4.72. The molecule has 0 aliphatic carbocycles. The Kier molecular flexibility index (Phi) is 6.30. The van der Waals surface area contributed by atoms with Gasteiger partial charge in [-0.25, -0.2) is 0 Å². The van der Waals surface area contributed by atoms with Gasteiger partial charge in [0.1, 0.15) is 0 Å². The van der Waals surface area contributed by atoms with Gasteiger partial charge in [-0.2, -0.15) is 0 Å². The summed E-state index contributed by atoms with van der Waals surface area (Å²) in [4.78, 5) is 0. The first kappa shape index (κ1) is 12.2. The molecule has 0 aromatic heterocycles. The Labute approximate surface area is 83.0 Å². The second-order valence-electron chi connectivity index (χ2n) is 3.66. The molecule has 0 nitrogen and oxygen atoms in total. The molecule has 0 saturated carbocycles. The summed E-state index contributed by atoms with van der Waals surface area (Å²) in [6, 6.07) is 0. The van der Waals surface area contributed by atoms with Crippen molar-refractivity contribution in [3.8, 4) is 0 Å². The minimum Gasteiger partial charge on any atom is -0.103 e. The summed E-state index contributed by atoms with van der Waals surface area (Å²) in [5.41, 5.74) is 2.98. The molecular weight excluding hydrogens is 156 g/mol. The molecule has 1 atom stereocenters. The van der Waals surface area contributed by atoms with Crippen molar-refractivity contribution in [1.82, 2.24) is 0 Å². The lowest BCUT2D eigenvalue weighted by Gasteiger charge is -2.12. The first-order valence-corrected chi connectivity index (χ1v) is 5.01. The monoisotopic (exact) mass is 178 g/mol. The molecule has 0 amide bonds. The van der Waals surface area contributed by atoms with Crippen LogP contribution in [0.1, 0.15) is 40.5 Å². The zero-order chi connectivity index (χ0) is 10.3. The van der Waals surface area contributed by atoms with Gasteiger partial charge in [0, 0.05) is 0 Å². The number of hydrogen-bond donors (Lipinski definition) is 0. The molecule has 74 valence electrons. The molecule has 0 bridgehead atoms. The molecule has 0 heterocycles. The maximum absolute atomic E-state index is 3.76. The van der Waals surface area contributed by atoms with Crippen molar-refractivity contribution >= 4 is 0 Å². The van der Waals surface area contributed by atoms with Gasteiger partial charge in [0.25, 0.3) is 0 Å². The van der Waals surface area contributed by atoms with Crippen molar-refractivity contribution < 1.29 is 0 Å². The zero-order valence-electron chi connectivity index (χ0n) is 9.43. The molecule has 0 saturated heterocycles. The maximum Gasteiger partial charge on any atom is -0.0142 e. The third-order valence-corrected chi connectivity index (χ3v) is 2.59. The van der Waals surface area contributed by atoms with Crippen molar-refractivity contribution in [2.24, 2.45) is 5.92 Å². The van der Waals surface area contributed by atoms with E-state index >= 15 is 0 Å². The molecular formula is C13H22. The number of allylic oxidation sites excluding steroid dienone is 5. The predicted molar refractivity (Wildman–Crippen MR) is 61.8 cm³/mol. The Morgan fingerprint density at radius 3 is 2.46 bits per heavy atom. The van der Waals surface area contributed by atoms with E-state index in [4.69, 9.17) is 0 Å². The molecule has 0 N–H and O–H groups in total. The van der Waals surface area contributed by atoms with Crippen LogP contribution in [0, 0.1) is 5.92 Å². The van der Waals surface area contributed by atoms with Crippen molar-refractivity contribution in [3.05, 3.63) is 36.0 Å². The molecule has 0 aromatic rings. The van der Waals surface area contributed by atoms with Crippen molar-refractivity contribution in [2.45, 2.75) is 40.5 Å². The minimum absolute atomic E-state index is 0.663. The van der Waals surface area contributed by atoms with Gasteiger partial charge in [-0.05, 0) is 39.5 Å². The largest absolute Gasteiger partial charge is 0.103 e. The molecule has 0 aliphatic heterocycles. The highest BCUT2D eigenvalue weighted by Gasteiger charge is 2.04. The SMILES string of the molecule is C=CC/C(C)=C(\C)C(C)CC=CC. The maximum atomic E-state index is 3.76. The Bertz CT molecular complexity index is 206. The molecule has 0 aromatic carbocycles. The van der Waals surface area contributed by atoms with Crippen LogP contribution < -0.4 is 0 Å².